The summed E-state index contributed by atoms with van der Waals surface area (Å²) in [5.41, 5.74) is -1.25. The Labute approximate surface area is 138 Å². The molecule has 0 amide bonds. The van der Waals surface area contributed by atoms with Crippen molar-refractivity contribution in [3.05, 3.63) is 34.1 Å². The van der Waals surface area contributed by atoms with Crippen molar-refractivity contribution in [3.63, 3.8) is 0 Å². The zero-order chi connectivity index (χ0) is 17.2. The summed E-state index contributed by atoms with van der Waals surface area (Å²) in [5, 5.41) is 2.90. The molecule has 2 atom stereocenters. The van der Waals surface area contributed by atoms with Gasteiger partial charge in [-0.15, -0.1) is 0 Å². The van der Waals surface area contributed by atoms with Crippen LogP contribution in [0.25, 0.3) is 0 Å². The Morgan fingerprint density at radius 1 is 1.26 bits per heavy atom. The van der Waals surface area contributed by atoms with Crippen LogP contribution in [0.4, 0.5) is 17.6 Å². The highest BCUT2D eigenvalue weighted by atomic mass is 35.5. The first-order chi connectivity index (χ1) is 10.8. The lowest BCUT2D eigenvalue weighted by molar-refractivity contribution is -0.139. The molecule has 0 spiro atoms. The Hall–Kier alpha value is -0.850. The number of benzene rings is 1. The fourth-order valence-electron chi connectivity index (χ4n) is 3.11. The van der Waals surface area contributed by atoms with Crippen LogP contribution in [0.3, 0.4) is 0 Å². The van der Waals surface area contributed by atoms with Crippen molar-refractivity contribution >= 4 is 11.6 Å². The number of rotatable bonds is 4. The topological polar surface area (TPSA) is 15.3 Å². The second-order valence-electron chi connectivity index (χ2n) is 5.94. The minimum absolute atomic E-state index is 0.123. The molecule has 0 saturated carbocycles. The second kappa shape index (κ2) is 7.36. The minimum atomic E-state index is -4.61. The molecule has 1 unspecified atom stereocenters. The van der Waals surface area contributed by atoms with Gasteiger partial charge >= 0.3 is 6.18 Å². The number of hydrogen-bond acceptors (Lipinski definition) is 2. The van der Waals surface area contributed by atoms with E-state index in [2.05, 4.69) is 5.32 Å². The first kappa shape index (κ1) is 18.5. The van der Waals surface area contributed by atoms with Gasteiger partial charge in [0.1, 0.15) is 5.82 Å². The zero-order valence-electron chi connectivity index (χ0n) is 13.2. The summed E-state index contributed by atoms with van der Waals surface area (Å²) in [6.07, 6.45) is -3.96. The fraction of sp³-hybridized carbons (Fsp3) is 0.625. The highest BCUT2D eigenvalue weighted by Crippen LogP contribution is 2.42. The van der Waals surface area contributed by atoms with Crippen molar-refractivity contribution in [2.75, 3.05) is 26.2 Å². The summed E-state index contributed by atoms with van der Waals surface area (Å²) < 4.78 is 54.9. The summed E-state index contributed by atoms with van der Waals surface area (Å²) in [7, 11) is 0. The van der Waals surface area contributed by atoms with E-state index in [1.807, 2.05) is 18.7 Å². The van der Waals surface area contributed by atoms with Gasteiger partial charge in [0.15, 0.2) is 0 Å². The van der Waals surface area contributed by atoms with Crippen molar-refractivity contribution in [2.24, 2.45) is 5.92 Å². The molecule has 7 heteroatoms. The Bertz CT molecular complexity index is 542. The predicted octanol–water partition coefficient (Wildman–Crippen LogP) is 4.49. The Morgan fingerprint density at radius 2 is 1.87 bits per heavy atom. The van der Waals surface area contributed by atoms with E-state index in [0.717, 1.165) is 12.1 Å². The van der Waals surface area contributed by atoms with Gasteiger partial charge in [0, 0.05) is 37.8 Å². The lowest BCUT2D eigenvalue weighted by Gasteiger charge is -2.39. The lowest BCUT2D eigenvalue weighted by atomic mass is 9.87. The van der Waals surface area contributed by atoms with Crippen LogP contribution >= 0.6 is 11.6 Å². The van der Waals surface area contributed by atoms with Gasteiger partial charge in [0.25, 0.3) is 0 Å². The molecule has 2 nitrogen and oxygen atoms in total. The van der Waals surface area contributed by atoms with Crippen molar-refractivity contribution in [1.29, 1.82) is 0 Å². The predicted molar refractivity (Wildman–Crippen MR) is 83.1 cm³/mol. The van der Waals surface area contributed by atoms with Crippen molar-refractivity contribution in [2.45, 2.75) is 32.5 Å². The van der Waals surface area contributed by atoms with Crippen molar-refractivity contribution in [1.82, 2.24) is 10.2 Å². The molecule has 0 aliphatic carbocycles. The van der Waals surface area contributed by atoms with Gasteiger partial charge in [-0.1, -0.05) is 31.9 Å². The van der Waals surface area contributed by atoms with Gasteiger partial charge in [-0.25, -0.2) is 4.39 Å². The monoisotopic (exact) mass is 352 g/mol. The molecule has 1 aromatic rings. The van der Waals surface area contributed by atoms with Crippen LogP contribution in [0.2, 0.25) is 5.02 Å². The second-order valence-corrected chi connectivity index (χ2v) is 6.34. The molecule has 1 heterocycles. The van der Waals surface area contributed by atoms with E-state index in [4.69, 9.17) is 11.6 Å². The van der Waals surface area contributed by atoms with Crippen LogP contribution in [0.5, 0.6) is 0 Å². The average Bonchev–Trinajstić information content (AvgIpc) is 2.51. The van der Waals surface area contributed by atoms with E-state index in [-0.39, 0.29) is 16.5 Å². The molecule has 0 radical (unpaired) electrons. The molecule has 1 fully saturated rings. The third kappa shape index (κ3) is 3.98. The standard InChI is InChI=1S/C16H21ClF4N2/c1-3-10(2)15(23-8-6-22-7-9-23)13-11(16(19,20)21)4-5-12(17)14(13)18/h4-5,10,15,22H,3,6-9H2,1-2H3/t10?,15-/m0/s1. The number of piperazine rings is 1. The van der Waals surface area contributed by atoms with Gasteiger partial charge in [-0.2, -0.15) is 13.2 Å². The number of nitrogens with zero attached hydrogens (tertiary/aromatic N) is 1. The van der Waals surface area contributed by atoms with Crippen molar-refractivity contribution in [3.8, 4) is 0 Å². The van der Waals surface area contributed by atoms with Gasteiger partial charge in [-0.3, -0.25) is 4.90 Å². The SMILES string of the molecule is CCC(C)[C@@H](c1c(C(F)(F)F)ccc(Cl)c1F)N1CCNCC1. The van der Waals surface area contributed by atoms with E-state index >= 15 is 0 Å². The summed E-state index contributed by atoms with van der Waals surface area (Å²) in [6, 6.07) is 1.23. The minimum Gasteiger partial charge on any atom is -0.314 e. The van der Waals surface area contributed by atoms with Gasteiger partial charge in [0.2, 0.25) is 0 Å². The summed E-state index contributed by atoms with van der Waals surface area (Å²) in [6.45, 7) is 6.27. The van der Waals surface area contributed by atoms with Crippen LogP contribution in [-0.4, -0.2) is 31.1 Å². The summed E-state index contributed by atoms with van der Waals surface area (Å²) in [5.74, 6) is -1.08. The first-order valence-electron chi connectivity index (χ1n) is 7.77. The third-order valence-corrected chi connectivity index (χ3v) is 4.75. The van der Waals surface area contributed by atoms with E-state index < -0.39 is 23.6 Å². The van der Waals surface area contributed by atoms with Crippen molar-refractivity contribution < 1.29 is 17.6 Å². The highest BCUT2D eigenvalue weighted by Gasteiger charge is 2.40. The van der Waals surface area contributed by atoms with Crippen LogP contribution in [0.1, 0.15) is 37.4 Å². The maximum atomic E-state index is 14.6. The number of alkyl halides is 3. The smallest absolute Gasteiger partial charge is 0.314 e. The molecule has 0 bridgehead atoms. The Kier molecular flexibility index (Phi) is 5.92. The molecule has 1 N–H and O–H groups in total. The maximum absolute atomic E-state index is 14.6. The van der Waals surface area contributed by atoms with E-state index in [0.29, 0.717) is 32.6 Å². The number of hydrogen-bond donors (Lipinski definition) is 1. The lowest BCUT2D eigenvalue weighted by Crippen LogP contribution is -2.47. The highest BCUT2D eigenvalue weighted by molar-refractivity contribution is 6.30. The third-order valence-electron chi connectivity index (χ3n) is 4.46. The van der Waals surface area contributed by atoms with Crippen LogP contribution in [0.15, 0.2) is 12.1 Å². The zero-order valence-corrected chi connectivity index (χ0v) is 13.9. The molecule has 1 aliphatic rings. The Morgan fingerprint density at radius 3 is 2.39 bits per heavy atom. The van der Waals surface area contributed by atoms with Gasteiger partial charge in [-0.05, 0) is 18.1 Å². The molecule has 130 valence electrons. The van der Waals surface area contributed by atoms with E-state index in [1.54, 1.807) is 0 Å². The molecular weight excluding hydrogens is 332 g/mol. The molecule has 1 aliphatic heterocycles. The van der Waals surface area contributed by atoms with E-state index in [9.17, 15) is 17.6 Å². The summed E-state index contributed by atoms with van der Waals surface area (Å²) in [4.78, 5) is 1.93. The van der Waals surface area contributed by atoms with Gasteiger partial charge < -0.3 is 5.32 Å². The molecule has 23 heavy (non-hydrogen) atoms. The molecule has 0 aromatic heterocycles. The number of nitrogens with one attached hydrogen (secondary N) is 1. The van der Waals surface area contributed by atoms with Gasteiger partial charge in [0.05, 0.1) is 10.6 Å². The first-order valence-corrected chi connectivity index (χ1v) is 8.15. The fourth-order valence-corrected chi connectivity index (χ4v) is 3.28. The van der Waals surface area contributed by atoms with Crippen LogP contribution in [-0.2, 0) is 6.18 Å². The molecule has 1 aromatic carbocycles. The Balaban J connectivity index is 2.59. The molecule has 2 rings (SSSR count). The molecular formula is C16H21ClF4N2. The molecule has 1 saturated heterocycles. The average molecular weight is 353 g/mol. The largest absolute Gasteiger partial charge is 0.416 e. The normalized spacial score (nSPS) is 19.6. The van der Waals surface area contributed by atoms with E-state index in [1.165, 1.54) is 0 Å². The van der Waals surface area contributed by atoms with Crippen LogP contribution < -0.4 is 5.32 Å². The quantitative estimate of drug-likeness (QED) is 0.803. The van der Waals surface area contributed by atoms with Crippen LogP contribution in [0, 0.1) is 11.7 Å². The summed E-state index contributed by atoms with van der Waals surface area (Å²) >= 11 is 5.79. The maximum Gasteiger partial charge on any atom is 0.416 e. The number of halogens is 5.